The largest absolute Gasteiger partial charge is 0.386 e. The summed E-state index contributed by atoms with van der Waals surface area (Å²) in [6, 6.07) is 7.37. The number of likely N-dealkylation sites (tertiary alicyclic amines) is 1. The molecule has 0 bridgehead atoms. The zero-order valence-electron chi connectivity index (χ0n) is 16.4. The lowest BCUT2D eigenvalue weighted by Crippen LogP contribution is -2.40. The van der Waals surface area contributed by atoms with Gasteiger partial charge in [0.2, 0.25) is 0 Å². The van der Waals surface area contributed by atoms with E-state index in [0.29, 0.717) is 10.9 Å². The van der Waals surface area contributed by atoms with Crippen LogP contribution in [0.25, 0.3) is 0 Å². The Bertz CT molecular complexity index is 781. The van der Waals surface area contributed by atoms with E-state index in [2.05, 4.69) is 33.4 Å². The number of aliphatic hydroxyl groups is 1. The van der Waals surface area contributed by atoms with Gasteiger partial charge in [0.05, 0.1) is 12.7 Å². The van der Waals surface area contributed by atoms with Crippen molar-refractivity contribution in [2.75, 3.05) is 26.2 Å². The molecule has 3 rings (SSSR count). The lowest BCUT2D eigenvalue weighted by Gasteiger charge is -2.22. The van der Waals surface area contributed by atoms with E-state index in [4.69, 9.17) is 11.6 Å². The van der Waals surface area contributed by atoms with Crippen LogP contribution in [0, 0.1) is 5.92 Å². The molecule has 1 aromatic heterocycles. The Balaban J connectivity index is 0.00000280. The smallest absolute Gasteiger partial charge is 0.194 e. The van der Waals surface area contributed by atoms with E-state index in [1.165, 1.54) is 5.56 Å². The summed E-state index contributed by atoms with van der Waals surface area (Å²) < 4.78 is 1.85. The minimum absolute atomic E-state index is 0. The van der Waals surface area contributed by atoms with Gasteiger partial charge in [-0.3, -0.25) is 9.67 Å². The number of aliphatic imine (C=N–C) groups is 1. The molecule has 6 nitrogen and oxygen atoms in total. The van der Waals surface area contributed by atoms with Crippen LogP contribution in [0.5, 0.6) is 0 Å². The van der Waals surface area contributed by atoms with Gasteiger partial charge in [0.1, 0.15) is 6.10 Å². The van der Waals surface area contributed by atoms with Crippen LogP contribution < -0.4 is 5.32 Å². The molecule has 0 spiro atoms. The molecule has 2 N–H and O–H groups in total. The fourth-order valence-corrected chi connectivity index (χ4v) is 3.81. The average Bonchev–Trinajstić information content (AvgIpc) is 3.28. The first-order valence-electron chi connectivity index (χ1n) is 9.50. The van der Waals surface area contributed by atoms with Crippen molar-refractivity contribution in [1.82, 2.24) is 20.0 Å². The highest BCUT2D eigenvalue weighted by atomic mass is 127. The first kappa shape index (κ1) is 23.0. The fourth-order valence-electron chi connectivity index (χ4n) is 3.54. The second kappa shape index (κ2) is 11.0. The van der Waals surface area contributed by atoms with Crippen LogP contribution >= 0.6 is 35.6 Å². The number of rotatable bonds is 6. The molecule has 1 fully saturated rings. The van der Waals surface area contributed by atoms with Crippen LogP contribution in [0.4, 0.5) is 0 Å². The molecule has 154 valence electrons. The SMILES string of the molecule is CCNC(=NCC(O)c1ccccc1Cl)N1CCC(Cc2cnn(C)c2)C1.I. The van der Waals surface area contributed by atoms with Crippen molar-refractivity contribution in [3.05, 3.63) is 52.8 Å². The average molecular weight is 518 g/mol. The normalized spacial score (nSPS) is 18.1. The Morgan fingerprint density at radius 3 is 2.89 bits per heavy atom. The summed E-state index contributed by atoms with van der Waals surface area (Å²) in [6.07, 6.45) is 5.49. The van der Waals surface area contributed by atoms with Gasteiger partial charge in [-0.2, -0.15) is 5.10 Å². The third-order valence-corrected chi connectivity index (χ3v) is 5.23. The summed E-state index contributed by atoms with van der Waals surface area (Å²) in [5.74, 6) is 1.45. The molecular formula is C20H29ClIN5O. The number of aromatic nitrogens is 2. The second-order valence-electron chi connectivity index (χ2n) is 7.06. The number of benzene rings is 1. The van der Waals surface area contributed by atoms with Crippen LogP contribution in [0.1, 0.15) is 30.6 Å². The van der Waals surface area contributed by atoms with Gasteiger partial charge in [-0.05, 0) is 37.3 Å². The molecule has 0 radical (unpaired) electrons. The molecule has 8 heteroatoms. The van der Waals surface area contributed by atoms with Crippen LogP contribution in [0.15, 0.2) is 41.7 Å². The third-order valence-electron chi connectivity index (χ3n) is 4.88. The zero-order chi connectivity index (χ0) is 19.2. The number of aryl methyl sites for hydroxylation is 1. The molecule has 1 aliphatic rings. The second-order valence-corrected chi connectivity index (χ2v) is 7.47. The third kappa shape index (κ3) is 6.09. The Morgan fingerprint density at radius 2 is 2.21 bits per heavy atom. The summed E-state index contributed by atoms with van der Waals surface area (Å²) in [6.45, 7) is 5.08. The molecule has 2 aromatic rings. The zero-order valence-corrected chi connectivity index (χ0v) is 19.5. The van der Waals surface area contributed by atoms with Crippen LogP contribution in [0.2, 0.25) is 5.02 Å². The molecule has 28 heavy (non-hydrogen) atoms. The standard InChI is InChI=1S/C20H28ClN5O.HI/c1-3-22-20(23-12-19(27)17-6-4-5-7-18(17)21)26-9-8-15(14-26)10-16-11-24-25(2)13-16;/h4-7,11,13,15,19,27H,3,8-10,12,14H2,1-2H3,(H,22,23);1H. The lowest BCUT2D eigenvalue weighted by molar-refractivity contribution is 0.186. The van der Waals surface area contributed by atoms with E-state index >= 15 is 0 Å². The summed E-state index contributed by atoms with van der Waals surface area (Å²) in [7, 11) is 1.95. The van der Waals surface area contributed by atoms with Gasteiger partial charge in [-0.25, -0.2) is 0 Å². The predicted molar refractivity (Wildman–Crippen MR) is 124 cm³/mol. The number of aliphatic hydroxyl groups excluding tert-OH is 1. The molecule has 1 saturated heterocycles. The topological polar surface area (TPSA) is 65.7 Å². The number of guanidine groups is 1. The van der Waals surface area contributed by atoms with Crippen molar-refractivity contribution in [1.29, 1.82) is 0 Å². The van der Waals surface area contributed by atoms with Gasteiger partial charge in [0, 0.05) is 43.5 Å². The maximum absolute atomic E-state index is 10.5. The Labute approximate surface area is 189 Å². The van der Waals surface area contributed by atoms with Crippen LogP contribution in [0.3, 0.4) is 0 Å². The Kier molecular flexibility index (Phi) is 9.04. The Morgan fingerprint density at radius 1 is 1.43 bits per heavy atom. The number of nitrogens with zero attached hydrogens (tertiary/aromatic N) is 4. The van der Waals surface area contributed by atoms with Gasteiger partial charge in [-0.1, -0.05) is 29.8 Å². The minimum atomic E-state index is -0.707. The molecular weight excluding hydrogens is 489 g/mol. The Hall–Kier alpha value is -1.32. The number of hydrogen-bond acceptors (Lipinski definition) is 3. The van der Waals surface area contributed by atoms with Gasteiger partial charge in [-0.15, -0.1) is 24.0 Å². The van der Waals surface area contributed by atoms with Crippen molar-refractivity contribution in [2.45, 2.75) is 25.9 Å². The predicted octanol–water partition coefficient (Wildman–Crippen LogP) is 3.26. The van der Waals surface area contributed by atoms with Gasteiger partial charge in [0.25, 0.3) is 0 Å². The number of halogens is 2. The molecule has 1 aliphatic heterocycles. The van der Waals surface area contributed by atoms with E-state index < -0.39 is 6.10 Å². The maximum Gasteiger partial charge on any atom is 0.194 e. The summed E-state index contributed by atoms with van der Waals surface area (Å²) >= 11 is 6.18. The van der Waals surface area contributed by atoms with E-state index in [1.54, 1.807) is 6.07 Å². The van der Waals surface area contributed by atoms with Crippen LogP contribution in [-0.4, -0.2) is 51.9 Å². The summed E-state index contributed by atoms with van der Waals surface area (Å²) in [5, 5.41) is 18.6. The van der Waals surface area contributed by atoms with Crippen molar-refractivity contribution in [3.8, 4) is 0 Å². The van der Waals surface area contributed by atoms with E-state index in [-0.39, 0.29) is 30.5 Å². The molecule has 0 saturated carbocycles. The van der Waals surface area contributed by atoms with E-state index in [9.17, 15) is 5.11 Å². The highest BCUT2D eigenvalue weighted by Gasteiger charge is 2.25. The molecule has 2 atom stereocenters. The van der Waals surface area contributed by atoms with E-state index in [0.717, 1.165) is 44.0 Å². The maximum atomic E-state index is 10.5. The molecule has 2 heterocycles. The lowest BCUT2D eigenvalue weighted by atomic mass is 10.0. The monoisotopic (exact) mass is 517 g/mol. The molecule has 2 unspecified atom stereocenters. The minimum Gasteiger partial charge on any atom is -0.386 e. The van der Waals surface area contributed by atoms with Crippen molar-refractivity contribution < 1.29 is 5.11 Å². The fraction of sp³-hybridized carbons (Fsp3) is 0.500. The first-order chi connectivity index (χ1) is 13.1. The number of hydrogen-bond donors (Lipinski definition) is 2. The van der Waals surface area contributed by atoms with Crippen molar-refractivity contribution in [2.24, 2.45) is 18.0 Å². The van der Waals surface area contributed by atoms with Gasteiger partial charge in [0.15, 0.2) is 5.96 Å². The first-order valence-corrected chi connectivity index (χ1v) is 9.88. The molecule has 0 aliphatic carbocycles. The molecule has 1 aromatic carbocycles. The number of nitrogens with one attached hydrogen (secondary N) is 1. The van der Waals surface area contributed by atoms with E-state index in [1.807, 2.05) is 36.1 Å². The highest BCUT2D eigenvalue weighted by Crippen LogP contribution is 2.24. The summed E-state index contributed by atoms with van der Waals surface area (Å²) in [4.78, 5) is 6.95. The van der Waals surface area contributed by atoms with Gasteiger partial charge >= 0.3 is 0 Å². The van der Waals surface area contributed by atoms with Crippen LogP contribution in [-0.2, 0) is 13.5 Å². The van der Waals surface area contributed by atoms with Crippen molar-refractivity contribution in [3.63, 3.8) is 0 Å². The highest BCUT2D eigenvalue weighted by molar-refractivity contribution is 14.0. The van der Waals surface area contributed by atoms with Gasteiger partial charge < -0.3 is 15.3 Å². The van der Waals surface area contributed by atoms with Crippen molar-refractivity contribution >= 4 is 41.5 Å². The summed E-state index contributed by atoms with van der Waals surface area (Å²) in [5.41, 5.74) is 2.00. The quantitative estimate of drug-likeness (QED) is 0.351. The molecule has 0 amide bonds.